The predicted molar refractivity (Wildman–Crippen MR) is 59.4 cm³/mol. The molecule has 18 heavy (non-hydrogen) atoms. The van der Waals surface area contributed by atoms with Gasteiger partial charge in [0.1, 0.15) is 0 Å². The molecule has 0 amide bonds. The Balaban J connectivity index is 3.39. The molecule has 0 aliphatic rings. The minimum atomic E-state index is -4.60. The molecule has 0 N–H and O–H groups in total. The van der Waals surface area contributed by atoms with Crippen LogP contribution in [0.2, 0.25) is 5.02 Å². The molecule has 0 unspecified atom stereocenters. The standard InChI is InChI=1S/C10H5ClF3NO2S/c1-17-9(16)8-6(11)2-5(4-15)3-7(8)18-10(12,13)14/h2-3H,1H3. The van der Waals surface area contributed by atoms with Gasteiger partial charge in [0, 0.05) is 4.90 Å². The Bertz CT molecular complexity index is 525. The van der Waals surface area contributed by atoms with E-state index in [1.807, 2.05) is 0 Å². The number of esters is 1. The lowest BCUT2D eigenvalue weighted by Crippen LogP contribution is -2.08. The molecule has 0 saturated heterocycles. The molecule has 0 heterocycles. The van der Waals surface area contributed by atoms with Crippen LogP contribution in [0.1, 0.15) is 15.9 Å². The number of carbonyl (C=O) groups is 1. The van der Waals surface area contributed by atoms with Gasteiger partial charge in [-0.05, 0) is 23.9 Å². The molecule has 0 atom stereocenters. The van der Waals surface area contributed by atoms with Crippen LogP contribution in [0.5, 0.6) is 0 Å². The van der Waals surface area contributed by atoms with Crippen LogP contribution < -0.4 is 0 Å². The summed E-state index contributed by atoms with van der Waals surface area (Å²) in [7, 11) is 1.03. The first-order valence-corrected chi connectivity index (χ1v) is 5.55. The lowest BCUT2D eigenvalue weighted by molar-refractivity contribution is -0.0328. The van der Waals surface area contributed by atoms with Crippen molar-refractivity contribution in [2.45, 2.75) is 10.4 Å². The van der Waals surface area contributed by atoms with Crippen LogP contribution in [0.25, 0.3) is 0 Å². The third-order valence-electron chi connectivity index (χ3n) is 1.80. The number of ether oxygens (including phenoxy) is 1. The van der Waals surface area contributed by atoms with E-state index >= 15 is 0 Å². The van der Waals surface area contributed by atoms with Crippen molar-refractivity contribution in [2.75, 3.05) is 7.11 Å². The number of carbonyl (C=O) groups excluding carboxylic acids is 1. The molecule has 1 aromatic rings. The van der Waals surface area contributed by atoms with Crippen molar-refractivity contribution in [3.05, 3.63) is 28.3 Å². The van der Waals surface area contributed by atoms with Gasteiger partial charge in [-0.1, -0.05) is 11.6 Å². The van der Waals surface area contributed by atoms with Crippen molar-refractivity contribution in [2.24, 2.45) is 0 Å². The molecule has 0 saturated carbocycles. The highest BCUT2D eigenvalue weighted by atomic mass is 35.5. The molecule has 0 radical (unpaired) electrons. The summed E-state index contributed by atoms with van der Waals surface area (Å²) < 4.78 is 41.4. The fourth-order valence-electron chi connectivity index (χ4n) is 1.15. The van der Waals surface area contributed by atoms with Gasteiger partial charge in [-0.2, -0.15) is 18.4 Å². The van der Waals surface area contributed by atoms with Gasteiger partial charge < -0.3 is 4.74 Å². The highest BCUT2D eigenvalue weighted by Crippen LogP contribution is 2.41. The second kappa shape index (κ2) is 5.50. The summed E-state index contributed by atoms with van der Waals surface area (Å²) in [5.41, 5.74) is -5.07. The van der Waals surface area contributed by atoms with Crippen LogP contribution in [-0.4, -0.2) is 18.6 Å². The quantitative estimate of drug-likeness (QED) is 0.618. The predicted octanol–water partition coefficient (Wildman–Crippen LogP) is 3.61. The molecular weight excluding hydrogens is 291 g/mol. The zero-order valence-corrected chi connectivity index (χ0v) is 10.4. The number of thioether (sulfide) groups is 1. The van der Waals surface area contributed by atoms with E-state index in [0.29, 0.717) is 0 Å². The van der Waals surface area contributed by atoms with Crippen LogP contribution in [0.15, 0.2) is 17.0 Å². The number of hydrogen-bond donors (Lipinski definition) is 0. The first-order valence-electron chi connectivity index (χ1n) is 4.36. The zero-order chi connectivity index (χ0) is 13.9. The Morgan fingerprint density at radius 2 is 2.11 bits per heavy atom. The third kappa shape index (κ3) is 3.55. The van der Waals surface area contributed by atoms with Gasteiger partial charge in [-0.3, -0.25) is 0 Å². The fourth-order valence-corrected chi connectivity index (χ4v) is 2.23. The van der Waals surface area contributed by atoms with Crippen molar-refractivity contribution in [3.8, 4) is 6.07 Å². The monoisotopic (exact) mass is 295 g/mol. The maximum absolute atomic E-state index is 12.3. The van der Waals surface area contributed by atoms with Crippen LogP contribution >= 0.6 is 23.4 Å². The second-order valence-electron chi connectivity index (χ2n) is 2.98. The highest BCUT2D eigenvalue weighted by molar-refractivity contribution is 8.00. The molecule has 3 nitrogen and oxygen atoms in total. The van der Waals surface area contributed by atoms with Gasteiger partial charge in [0.2, 0.25) is 0 Å². The van der Waals surface area contributed by atoms with E-state index < -0.39 is 33.7 Å². The van der Waals surface area contributed by atoms with E-state index in [2.05, 4.69) is 4.74 Å². The lowest BCUT2D eigenvalue weighted by Gasteiger charge is -2.11. The van der Waals surface area contributed by atoms with E-state index in [1.54, 1.807) is 6.07 Å². The van der Waals surface area contributed by atoms with Crippen LogP contribution in [0.4, 0.5) is 13.2 Å². The number of alkyl halides is 3. The number of nitrogens with zero attached hydrogens (tertiary/aromatic N) is 1. The summed E-state index contributed by atoms with van der Waals surface area (Å²) in [6, 6.07) is 3.71. The molecule has 0 bridgehead atoms. The summed E-state index contributed by atoms with van der Waals surface area (Å²) in [6.07, 6.45) is 0. The molecule has 1 rings (SSSR count). The van der Waals surface area contributed by atoms with Crippen molar-refractivity contribution in [1.29, 1.82) is 5.26 Å². The maximum atomic E-state index is 12.3. The van der Waals surface area contributed by atoms with E-state index in [9.17, 15) is 18.0 Å². The van der Waals surface area contributed by atoms with Gasteiger partial charge in [0.25, 0.3) is 0 Å². The Hall–Kier alpha value is -1.39. The van der Waals surface area contributed by atoms with Gasteiger partial charge in [-0.15, -0.1) is 0 Å². The summed E-state index contributed by atoms with van der Waals surface area (Å²) in [5.74, 6) is -0.990. The minimum absolute atomic E-state index is 0.0700. The Morgan fingerprint density at radius 3 is 2.56 bits per heavy atom. The third-order valence-corrected chi connectivity index (χ3v) is 2.87. The summed E-state index contributed by atoms with van der Waals surface area (Å²) in [4.78, 5) is 10.9. The molecule has 0 spiro atoms. The summed E-state index contributed by atoms with van der Waals surface area (Å²) >= 11 is 5.16. The van der Waals surface area contributed by atoms with Crippen molar-refractivity contribution in [3.63, 3.8) is 0 Å². The van der Waals surface area contributed by atoms with E-state index in [1.165, 1.54) is 0 Å². The minimum Gasteiger partial charge on any atom is -0.465 e. The number of benzene rings is 1. The number of nitriles is 1. The van der Waals surface area contributed by atoms with Crippen molar-refractivity contribution >= 4 is 29.3 Å². The number of hydrogen-bond acceptors (Lipinski definition) is 4. The molecule has 0 aromatic heterocycles. The summed E-state index contributed by atoms with van der Waals surface area (Å²) in [6.45, 7) is 0. The topological polar surface area (TPSA) is 50.1 Å². The van der Waals surface area contributed by atoms with Crippen LogP contribution in [0, 0.1) is 11.3 Å². The van der Waals surface area contributed by atoms with Gasteiger partial charge >= 0.3 is 11.5 Å². The fraction of sp³-hybridized carbons (Fsp3) is 0.200. The molecule has 1 aromatic carbocycles. The zero-order valence-electron chi connectivity index (χ0n) is 8.84. The van der Waals surface area contributed by atoms with Crippen molar-refractivity contribution < 1.29 is 22.7 Å². The number of methoxy groups -OCH3 is 1. The first kappa shape index (κ1) is 14.7. The normalized spacial score (nSPS) is 10.9. The van der Waals surface area contributed by atoms with Gasteiger partial charge in [0.15, 0.2) is 0 Å². The Labute approximate surface area is 109 Å². The number of rotatable bonds is 2. The molecule has 0 aliphatic carbocycles. The summed E-state index contributed by atoms with van der Waals surface area (Å²) in [5, 5.41) is 8.40. The van der Waals surface area contributed by atoms with Crippen molar-refractivity contribution in [1.82, 2.24) is 0 Å². The first-order chi connectivity index (χ1) is 8.28. The smallest absolute Gasteiger partial charge is 0.446 e. The van der Waals surface area contributed by atoms with Crippen LogP contribution in [0.3, 0.4) is 0 Å². The molecular formula is C10H5ClF3NO2S. The molecule has 96 valence electrons. The SMILES string of the molecule is COC(=O)c1c(Cl)cc(C#N)cc1SC(F)(F)F. The average Bonchev–Trinajstić information content (AvgIpc) is 2.25. The molecule has 0 fully saturated rings. The Morgan fingerprint density at radius 1 is 1.50 bits per heavy atom. The second-order valence-corrected chi connectivity index (χ2v) is 4.50. The van der Waals surface area contributed by atoms with Crippen LogP contribution in [-0.2, 0) is 4.74 Å². The largest absolute Gasteiger partial charge is 0.465 e. The van der Waals surface area contributed by atoms with E-state index in [4.69, 9.17) is 16.9 Å². The average molecular weight is 296 g/mol. The maximum Gasteiger partial charge on any atom is 0.446 e. The lowest BCUT2D eigenvalue weighted by atomic mass is 10.1. The van der Waals surface area contributed by atoms with E-state index in [-0.39, 0.29) is 10.6 Å². The molecule has 8 heteroatoms. The highest BCUT2D eigenvalue weighted by Gasteiger charge is 2.32. The Kier molecular flexibility index (Phi) is 4.48. The molecule has 0 aliphatic heterocycles. The number of halogens is 4. The van der Waals surface area contributed by atoms with Gasteiger partial charge in [0.05, 0.1) is 29.3 Å². The van der Waals surface area contributed by atoms with E-state index in [0.717, 1.165) is 19.2 Å². The van der Waals surface area contributed by atoms with Gasteiger partial charge in [-0.25, -0.2) is 4.79 Å².